The number of aromatic nitrogens is 2. The first-order chi connectivity index (χ1) is 21.5. The van der Waals surface area contributed by atoms with E-state index in [4.69, 9.17) is 23.7 Å². The molecule has 1 aromatic rings. The second-order valence-corrected chi connectivity index (χ2v) is 33.3. The average Bonchev–Trinajstić information content (AvgIpc) is 3.24. The highest BCUT2D eigenvalue weighted by atomic mass is 28.4. The number of anilines is 1. The summed E-state index contributed by atoms with van der Waals surface area (Å²) in [5, 5.41) is 0. The van der Waals surface area contributed by atoms with E-state index < -0.39 is 55.2 Å². The molecule has 0 amide bonds. The van der Waals surface area contributed by atoms with E-state index in [2.05, 4.69) is 130 Å². The van der Waals surface area contributed by atoms with Gasteiger partial charge in [-0.1, -0.05) is 125 Å². The number of rotatable bonds is 17. The predicted molar refractivity (Wildman–Crippen MR) is 206 cm³/mol. The Hall–Kier alpha value is -0.829. The molecule has 2 heterocycles. The third kappa shape index (κ3) is 8.06. The molecule has 0 radical (unpaired) electrons. The van der Waals surface area contributed by atoms with Gasteiger partial charge in [0.25, 0.3) is 0 Å². The molecule has 2 N–H and O–H groups in total. The smallest absolute Gasteiger partial charge is 0.351 e. The first-order valence-electron chi connectivity index (χ1n) is 18.5. The van der Waals surface area contributed by atoms with Crippen molar-refractivity contribution in [3.63, 3.8) is 0 Å². The molecule has 4 atom stereocenters. The SMILES string of the molecule is CC(C)[Si](OC[C@H]1O[C@@H](n2ccc(N)nc2=O)[C@H](O[Si](C(C)C)(C(C)C)C(C)C)[C@@H]1O[Si](C(C)C)(C(C)C)C(C)C)(C(C)C)C(C)C. The van der Waals surface area contributed by atoms with Crippen LogP contribution in [-0.2, 0) is 18.0 Å². The van der Waals surface area contributed by atoms with Crippen LogP contribution in [0.1, 0.15) is 131 Å². The molecule has 0 saturated carbocycles. The van der Waals surface area contributed by atoms with Crippen LogP contribution in [0, 0.1) is 0 Å². The zero-order chi connectivity index (χ0) is 36.4. The Kier molecular flexibility index (Phi) is 14.8. The Balaban J connectivity index is 2.94. The highest BCUT2D eigenvalue weighted by Gasteiger charge is 2.59. The number of nitrogen functional groups attached to an aromatic ring is 1. The molecule has 0 aromatic carbocycles. The zero-order valence-electron chi connectivity index (χ0n) is 33.4. The lowest BCUT2D eigenvalue weighted by molar-refractivity contribution is -0.0518. The van der Waals surface area contributed by atoms with Crippen LogP contribution in [0.15, 0.2) is 17.1 Å². The van der Waals surface area contributed by atoms with Gasteiger partial charge in [0.2, 0.25) is 16.6 Å². The fraction of sp³-hybridized carbons (Fsp3) is 0.889. The topological polar surface area (TPSA) is 97.8 Å². The van der Waals surface area contributed by atoms with Crippen molar-refractivity contribution in [1.29, 1.82) is 0 Å². The summed E-state index contributed by atoms with van der Waals surface area (Å²) in [5.74, 6) is 0.192. The molecule has 1 fully saturated rings. The van der Waals surface area contributed by atoms with Crippen molar-refractivity contribution in [1.82, 2.24) is 9.55 Å². The van der Waals surface area contributed by atoms with Crippen LogP contribution in [0.4, 0.5) is 5.82 Å². The Morgan fingerprint density at radius 2 is 1.02 bits per heavy atom. The highest BCUT2D eigenvalue weighted by molar-refractivity contribution is 6.78. The molecule has 1 saturated heterocycles. The zero-order valence-corrected chi connectivity index (χ0v) is 36.4. The molecular formula is C36H73N3O5Si3. The molecule has 47 heavy (non-hydrogen) atoms. The van der Waals surface area contributed by atoms with Crippen molar-refractivity contribution >= 4 is 30.8 Å². The number of hydrogen-bond acceptors (Lipinski definition) is 7. The normalized spacial score (nSPS) is 21.9. The second-order valence-electron chi connectivity index (χ2n) is 17.0. The molecule has 0 unspecified atom stereocenters. The van der Waals surface area contributed by atoms with Crippen molar-refractivity contribution in [2.24, 2.45) is 0 Å². The average molecular weight is 712 g/mol. The van der Waals surface area contributed by atoms with E-state index in [0.717, 1.165) is 0 Å². The quantitative estimate of drug-likeness (QED) is 0.161. The van der Waals surface area contributed by atoms with E-state index in [0.29, 0.717) is 56.5 Å². The van der Waals surface area contributed by atoms with Gasteiger partial charge in [-0.15, -0.1) is 0 Å². The molecule has 0 aliphatic carbocycles. The van der Waals surface area contributed by atoms with Gasteiger partial charge in [0.1, 0.15) is 24.1 Å². The fourth-order valence-corrected chi connectivity index (χ4v) is 26.5. The monoisotopic (exact) mass is 711 g/mol. The number of nitrogens with zero attached hydrogens (tertiary/aromatic N) is 2. The summed E-state index contributed by atoms with van der Waals surface area (Å²) in [4.78, 5) is 17.7. The maximum atomic E-state index is 13.5. The maximum Gasteiger partial charge on any atom is 0.351 e. The van der Waals surface area contributed by atoms with Gasteiger partial charge in [-0.25, -0.2) is 4.79 Å². The standard InChI is InChI=1S/C36H73N3O5Si3/c1-22(2)45(23(3)4,24(5)6)41-21-31-33(43-46(25(7)8,26(9)10)27(11)12)34(44-47(28(13)14,29(15)16)30(17)18)35(42-31)39-20-19-32(37)38-36(39)40/h19-20,22-31,33-35H,21H2,1-18H3,(H2,37,38,40)/t31-,33-,34-,35-/m1/s1. The highest BCUT2D eigenvalue weighted by Crippen LogP contribution is 2.51. The third-order valence-corrected chi connectivity index (χ3v) is 30.0. The first-order valence-corrected chi connectivity index (χ1v) is 25.0. The van der Waals surface area contributed by atoms with Gasteiger partial charge in [-0.05, 0) is 55.9 Å². The van der Waals surface area contributed by atoms with Crippen molar-refractivity contribution in [2.75, 3.05) is 12.3 Å². The van der Waals surface area contributed by atoms with Crippen molar-refractivity contribution < 1.29 is 18.0 Å². The molecule has 1 aliphatic rings. The largest absolute Gasteiger partial charge is 0.413 e. The second kappa shape index (κ2) is 16.5. The Bertz CT molecular complexity index is 1120. The van der Waals surface area contributed by atoms with Crippen LogP contribution in [-0.4, -0.2) is 59.4 Å². The van der Waals surface area contributed by atoms with Crippen LogP contribution in [0.25, 0.3) is 0 Å². The van der Waals surface area contributed by atoms with E-state index in [-0.39, 0.29) is 5.82 Å². The fourth-order valence-electron chi connectivity index (χ4n) is 9.97. The lowest BCUT2D eigenvalue weighted by Gasteiger charge is -2.49. The lowest BCUT2D eigenvalue weighted by atomic mass is 10.1. The minimum atomic E-state index is -2.47. The Labute approximate surface area is 291 Å². The molecule has 274 valence electrons. The summed E-state index contributed by atoms with van der Waals surface area (Å²) in [7, 11) is -7.16. The van der Waals surface area contributed by atoms with Gasteiger partial charge >= 0.3 is 5.69 Å². The summed E-state index contributed by atoms with van der Waals surface area (Å²) in [6, 6.07) is 1.67. The van der Waals surface area contributed by atoms with Crippen LogP contribution in [0.5, 0.6) is 0 Å². The van der Waals surface area contributed by atoms with E-state index in [1.54, 1.807) is 16.8 Å². The lowest BCUT2D eigenvalue weighted by Crippen LogP contribution is -2.58. The maximum absolute atomic E-state index is 13.5. The van der Waals surface area contributed by atoms with Crippen molar-refractivity contribution in [2.45, 2.75) is 199 Å². The summed E-state index contributed by atoms with van der Waals surface area (Å²) in [5.41, 5.74) is 8.91. The van der Waals surface area contributed by atoms with Gasteiger partial charge in [0.05, 0.1) is 6.61 Å². The first kappa shape index (κ1) is 42.3. The molecule has 0 bridgehead atoms. The van der Waals surface area contributed by atoms with Gasteiger partial charge in [-0.2, -0.15) is 4.98 Å². The van der Waals surface area contributed by atoms with Gasteiger partial charge in [0.15, 0.2) is 14.5 Å². The van der Waals surface area contributed by atoms with Crippen molar-refractivity contribution in [3.8, 4) is 0 Å². The molecule has 2 rings (SSSR count). The van der Waals surface area contributed by atoms with E-state index >= 15 is 0 Å². The van der Waals surface area contributed by atoms with Gasteiger partial charge < -0.3 is 23.7 Å². The van der Waals surface area contributed by atoms with Gasteiger partial charge in [0, 0.05) is 6.20 Å². The van der Waals surface area contributed by atoms with E-state index in [9.17, 15) is 4.79 Å². The number of ether oxygens (including phenoxy) is 1. The Morgan fingerprint density at radius 1 is 0.660 bits per heavy atom. The van der Waals surface area contributed by atoms with Crippen molar-refractivity contribution in [3.05, 3.63) is 22.7 Å². The Morgan fingerprint density at radius 3 is 1.36 bits per heavy atom. The molecule has 0 spiro atoms. The summed E-state index contributed by atoms with van der Waals surface area (Å²) < 4.78 is 31.3. The predicted octanol–water partition coefficient (Wildman–Crippen LogP) is 10.0. The molecular weight excluding hydrogens is 639 g/mol. The van der Waals surface area contributed by atoms with Crippen LogP contribution >= 0.6 is 0 Å². The minimum absolute atomic E-state index is 0.192. The molecule has 1 aromatic heterocycles. The number of hydrogen-bond donors (Lipinski definition) is 1. The van der Waals surface area contributed by atoms with Crippen LogP contribution in [0.3, 0.4) is 0 Å². The van der Waals surface area contributed by atoms with E-state index in [1.165, 1.54) is 0 Å². The minimum Gasteiger partial charge on any atom is -0.413 e. The van der Waals surface area contributed by atoms with Crippen LogP contribution < -0.4 is 11.4 Å². The summed E-state index contributed by atoms with van der Waals surface area (Å²) in [6.45, 7) is 42.0. The molecule has 11 heteroatoms. The third-order valence-electron chi connectivity index (χ3n) is 11.7. The summed E-state index contributed by atoms with van der Waals surface area (Å²) >= 11 is 0. The van der Waals surface area contributed by atoms with E-state index in [1.807, 2.05) is 0 Å². The summed E-state index contributed by atoms with van der Waals surface area (Å²) in [6.07, 6.45) is -0.350. The molecule has 8 nitrogen and oxygen atoms in total. The molecule has 1 aliphatic heterocycles. The van der Waals surface area contributed by atoms with Gasteiger partial charge in [-0.3, -0.25) is 4.57 Å². The van der Waals surface area contributed by atoms with Crippen LogP contribution in [0.2, 0.25) is 49.9 Å². The number of nitrogens with two attached hydrogens (primary N) is 1.